The Labute approximate surface area is 75.0 Å². The lowest BCUT2D eigenvalue weighted by molar-refractivity contribution is 0.914. The Morgan fingerprint density at radius 3 is 2.83 bits per heavy atom. The molecule has 0 fully saturated rings. The van der Waals surface area contributed by atoms with Crippen LogP contribution in [0.5, 0.6) is 0 Å². The standard InChI is InChI=1S/C8H8ClN3/c1-5-3-6-7(12(5)2)8(9)11-4-10-6/h3-4H,1-2H3. The highest BCUT2D eigenvalue weighted by Gasteiger charge is 2.06. The van der Waals surface area contributed by atoms with E-state index in [9.17, 15) is 0 Å². The second kappa shape index (κ2) is 2.45. The van der Waals surface area contributed by atoms with E-state index in [2.05, 4.69) is 9.97 Å². The first-order valence-corrected chi connectivity index (χ1v) is 4.00. The van der Waals surface area contributed by atoms with Gasteiger partial charge in [0.1, 0.15) is 11.8 Å². The molecule has 0 aromatic carbocycles. The lowest BCUT2D eigenvalue weighted by atomic mass is 10.4. The first-order valence-electron chi connectivity index (χ1n) is 3.62. The molecule has 2 aromatic rings. The second-order valence-electron chi connectivity index (χ2n) is 2.74. The van der Waals surface area contributed by atoms with Gasteiger partial charge in [-0.2, -0.15) is 0 Å². The molecule has 0 spiro atoms. The largest absolute Gasteiger partial charge is 0.344 e. The monoisotopic (exact) mass is 181 g/mol. The van der Waals surface area contributed by atoms with E-state index >= 15 is 0 Å². The van der Waals surface area contributed by atoms with E-state index < -0.39 is 0 Å². The van der Waals surface area contributed by atoms with Crippen LogP contribution in [-0.4, -0.2) is 14.5 Å². The molecule has 0 aliphatic carbocycles. The van der Waals surface area contributed by atoms with Gasteiger partial charge in [0.05, 0.1) is 5.52 Å². The molecular weight excluding hydrogens is 174 g/mol. The summed E-state index contributed by atoms with van der Waals surface area (Å²) in [5.74, 6) is 0. The summed E-state index contributed by atoms with van der Waals surface area (Å²) in [5, 5.41) is 0.510. The van der Waals surface area contributed by atoms with E-state index in [1.165, 1.54) is 6.33 Å². The van der Waals surface area contributed by atoms with Gasteiger partial charge in [0, 0.05) is 12.7 Å². The third-order valence-corrected chi connectivity index (χ3v) is 2.29. The number of nitrogens with zero attached hydrogens (tertiary/aromatic N) is 3. The fourth-order valence-corrected chi connectivity index (χ4v) is 1.52. The van der Waals surface area contributed by atoms with Gasteiger partial charge in [-0.1, -0.05) is 11.6 Å². The van der Waals surface area contributed by atoms with Gasteiger partial charge in [0.2, 0.25) is 0 Å². The molecule has 0 saturated carbocycles. The zero-order valence-electron chi connectivity index (χ0n) is 6.87. The minimum Gasteiger partial charge on any atom is -0.344 e. The summed E-state index contributed by atoms with van der Waals surface area (Å²) < 4.78 is 1.98. The highest BCUT2D eigenvalue weighted by Crippen LogP contribution is 2.21. The molecule has 0 saturated heterocycles. The molecule has 0 amide bonds. The smallest absolute Gasteiger partial charge is 0.156 e. The minimum atomic E-state index is 0.510. The van der Waals surface area contributed by atoms with Gasteiger partial charge >= 0.3 is 0 Å². The molecule has 12 heavy (non-hydrogen) atoms. The summed E-state index contributed by atoms with van der Waals surface area (Å²) >= 11 is 5.90. The van der Waals surface area contributed by atoms with Crippen LogP contribution in [-0.2, 0) is 7.05 Å². The number of fused-ring (bicyclic) bond motifs is 1. The Morgan fingerprint density at radius 1 is 1.42 bits per heavy atom. The Bertz CT molecular complexity index is 433. The summed E-state index contributed by atoms with van der Waals surface area (Å²) in [4.78, 5) is 8.02. The van der Waals surface area contributed by atoms with Crippen molar-refractivity contribution >= 4 is 22.6 Å². The topological polar surface area (TPSA) is 30.7 Å². The van der Waals surface area contributed by atoms with Crippen molar-refractivity contribution < 1.29 is 0 Å². The van der Waals surface area contributed by atoms with Gasteiger partial charge in [-0.05, 0) is 13.0 Å². The van der Waals surface area contributed by atoms with Gasteiger partial charge in [0.15, 0.2) is 5.15 Å². The van der Waals surface area contributed by atoms with E-state index in [1.54, 1.807) is 0 Å². The van der Waals surface area contributed by atoms with Crippen LogP contribution in [0, 0.1) is 6.92 Å². The Balaban J connectivity index is 2.97. The van der Waals surface area contributed by atoms with Gasteiger partial charge < -0.3 is 4.57 Å². The molecule has 0 aliphatic heterocycles. The first kappa shape index (κ1) is 7.55. The van der Waals surface area contributed by atoms with E-state index in [4.69, 9.17) is 11.6 Å². The highest BCUT2D eigenvalue weighted by molar-refractivity contribution is 6.33. The zero-order valence-corrected chi connectivity index (χ0v) is 7.63. The maximum absolute atomic E-state index is 5.90. The minimum absolute atomic E-state index is 0.510. The van der Waals surface area contributed by atoms with Crippen LogP contribution in [0.3, 0.4) is 0 Å². The first-order chi connectivity index (χ1) is 5.70. The normalized spacial score (nSPS) is 10.9. The summed E-state index contributed by atoms with van der Waals surface area (Å²) in [7, 11) is 1.95. The highest BCUT2D eigenvalue weighted by atomic mass is 35.5. The van der Waals surface area contributed by atoms with Crippen molar-refractivity contribution in [2.75, 3.05) is 0 Å². The number of hydrogen-bond donors (Lipinski definition) is 0. The summed E-state index contributed by atoms with van der Waals surface area (Å²) in [6, 6.07) is 1.99. The van der Waals surface area contributed by atoms with Gasteiger partial charge in [-0.3, -0.25) is 0 Å². The van der Waals surface area contributed by atoms with Crippen molar-refractivity contribution in [2.45, 2.75) is 6.92 Å². The maximum atomic E-state index is 5.90. The van der Waals surface area contributed by atoms with Crippen molar-refractivity contribution in [3.8, 4) is 0 Å². The quantitative estimate of drug-likeness (QED) is 0.582. The Morgan fingerprint density at radius 2 is 2.17 bits per heavy atom. The Kier molecular flexibility index (Phi) is 1.54. The lowest BCUT2D eigenvalue weighted by Crippen LogP contribution is -1.91. The molecule has 2 rings (SSSR count). The number of rotatable bonds is 0. The van der Waals surface area contributed by atoms with Crippen LogP contribution in [0.1, 0.15) is 5.69 Å². The van der Waals surface area contributed by atoms with Crippen LogP contribution < -0.4 is 0 Å². The second-order valence-corrected chi connectivity index (χ2v) is 3.10. The predicted octanol–water partition coefficient (Wildman–Crippen LogP) is 1.93. The van der Waals surface area contributed by atoms with Crippen LogP contribution in [0.25, 0.3) is 11.0 Å². The van der Waals surface area contributed by atoms with Crippen molar-refractivity contribution in [1.82, 2.24) is 14.5 Å². The third-order valence-electron chi connectivity index (χ3n) is 2.02. The van der Waals surface area contributed by atoms with Gasteiger partial charge in [-0.25, -0.2) is 9.97 Å². The molecule has 0 unspecified atom stereocenters. The Hall–Kier alpha value is -1.09. The fraction of sp³-hybridized carbons (Fsp3) is 0.250. The van der Waals surface area contributed by atoms with E-state index in [1.807, 2.05) is 24.6 Å². The molecule has 62 valence electrons. The summed E-state index contributed by atoms with van der Waals surface area (Å²) in [6.45, 7) is 2.01. The predicted molar refractivity (Wildman–Crippen MR) is 48.3 cm³/mol. The molecule has 0 aliphatic rings. The average Bonchev–Trinajstić information content (AvgIpc) is 2.29. The number of aromatic nitrogens is 3. The molecule has 4 heteroatoms. The van der Waals surface area contributed by atoms with Crippen LogP contribution >= 0.6 is 11.6 Å². The SMILES string of the molecule is Cc1cc2ncnc(Cl)c2n1C. The molecule has 0 bridgehead atoms. The van der Waals surface area contributed by atoms with Crippen molar-refractivity contribution in [2.24, 2.45) is 7.05 Å². The lowest BCUT2D eigenvalue weighted by Gasteiger charge is -1.98. The zero-order chi connectivity index (χ0) is 8.72. The summed E-state index contributed by atoms with van der Waals surface area (Å²) in [6.07, 6.45) is 1.48. The fourth-order valence-electron chi connectivity index (χ4n) is 1.26. The van der Waals surface area contributed by atoms with E-state index in [0.717, 1.165) is 16.7 Å². The molecule has 3 nitrogen and oxygen atoms in total. The van der Waals surface area contributed by atoms with Crippen molar-refractivity contribution in [1.29, 1.82) is 0 Å². The molecular formula is C8H8ClN3. The number of aryl methyl sites for hydroxylation is 2. The number of halogens is 1. The van der Waals surface area contributed by atoms with Crippen molar-refractivity contribution in [3.63, 3.8) is 0 Å². The van der Waals surface area contributed by atoms with Crippen LogP contribution in [0.2, 0.25) is 5.15 Å². The molecule has 2 heterocycles. The third kappa shape index (κ3) is 0.898. The maximum Gasteiger partial charge on any atom is 0.156 e. The van der Waals surface area contributed by atoms with Gasteiger partial charge in [0.25, 0.3) is 0 Å². The van der Waals surface area contributed by atoms with Crippen LogP contribution in [0.15, 0.2) is 12.4 Å². The summed E-state index contributed by atoms with van der Waals surface area (Å²) in [5.41, 5.74) is 2.93. The molecule has 0 N–H and O–H groups in total. The van der Waals surface area contributed by atoms with Crippen LogP contribution in [0.4, 0.5) is 0 Å². The van der Waals surface area contributed by atoms with E-state index in [0.29, 0.717) is 5.15 Å². The average molecular weight is 182 g/mol. The van der Waals surface area contributed by atoms with Gasteiger partial charge in [-0.15, -0.1) is 0 Å². The molecule has 0 radical (unpaired) electrons. The number of hydrogen-bond acceptors (Lipinski definition) is 2. The van der Waals surface area contributed by atoms with Crippen molar-refractivity contribution in [3.05, 3.63) is 23.2 Å². The molecule has 2 aromatic heterocycles. The van der Waals surface area contributed by atoms with E-state index in [-0.39, 0.29) is 0 Å². The molecule has 0 atom stereocenters.